The summed E-state index contributed by atoms with van der Waals surface area (Å²) in [4.78, 5) is 32.5. The van der Waals surface area contributed by atoms with Crippen molar-refractivity contribution in [1.82, 2.24) is 9.13 Å². The van der Waals surface area contributed by atoms with Crippen molar-refractivity contribution in [3.05, 3.63) is 103 Å². The van der Waals surface area contributed by atoms with Crippen LogP contribution in [0.25, 0.3) is 17.0 Å². The molecule has 1 atom stereocenters. The zero-order valence-corrected chi connectivity index (χ0v) is 22.7. The number of carbonyl (C=O) groups excluding carboxylic acids is 1. The Hall–Kier alpha value is -4.37. The van der Waals surface area contributed by atoms with Crippen LogP contribution in [-0.2, 0) is 16.1 Å². The number of hydrogen-bond acceptors (Lipinski definition) is 7. The molecule has 0 saturated heterocycles. The van der Waals surface area contributed by atoms with E-state index in [2.05, 4.69) is 28.3 Å². The summed E-state index contributed by atoms with van der Waals surface area (Å²) in [5.41, 5.74) is 4.42. The van der Waals surface area contributed by atoms with Gasteiger partial charge in [0.05, 0.1) is 28.5 Å². The molecule has 198 valence electrons. The maximum absolute atomic E-state index is 14.1. The van der Waals surface area contributed by atoms with Gasteiger partial charge in [-0.1, -0.05) is 41.7 Å². The SMILES string of the molecule is C=CCn1c(C)c(/C=c2\sc3n(c2=O)C(c2ccc4c(c2)OCO4)C(C(=O)OCC)=C(C)N=3)c2ccccc21. The molecule has 2 aromatic carbocycles. The summed E-state index contributed by atoms with van der Waals surface area (Å²) in [6.07, 6.45) is 3.79. The van der Waals surface area contributed by atoms with Gasteiger partial charge in [0.25, 0.3) is 5.56 Å². The van der Waals surface area contributed by atoms with E-state index in [0.29, 0.717) is 44.2 Å². The molecule has 1 unspecified atom stereocenters. The van der Waals surface area contributed by atoms with Gasteiger partial charge in [-0.2, -0.15) is 0 Å². The molecule has 0 radical (unpaired) electrons. The van der Waals surface area contributed by atoms with E-state index in [0.717, 1.165) is 22.2 Å². The highest BCUT2D eigenvalue weighted by Crippen LogP contribution is 2.38. The minimum Gasteiger partial charge on any atom is -0.463 e. The summed E-state index contributed by atoms with van der Waals surface area (Å²) in [5.74, 6) is 0.688. The molecule has 2 aliphatic rings. The molecule has 0 fully saturated rings. The quantitative estimate of drug-likeness (QED) is 0.272. The van der Waals surface area contributed by atoms with E-state index in [9.17, 15) is 9.59 Å². The Morgan fingerprint density at radius 1 is 1.21 bits per heavy atom. The highest BCUT2D eigenvalue weighted by molar-refractivity contribution is 7.07. The Morgan fingerprint density at radius 3 is 2.79 bits per heavy atom. The zero-order chi connectivity index (χ0) is 27.3. The smallest absolute Gasteiger partial charge is 0.338 e. The molecule has 0 saturated carbocycles. The normalized spacial score (nSPS) is 16.4. The van der Waals surface area contributed by atoms with Crippen LogP contribution in [0.5, 0.6) is 11.5 Å². The number of esters is 1. The van der Waals surface area contributed by atoms with Crippen LogP contribution in [0.15, 0.2) is 76.2 Å². The lowest BCUT2D eigenvalue weighted by Crippen LogP contribution is -2.39. The third kappa shape index (κ3) is 4.01. The first-order chi connectivity index (χ1) is 18.9. The van der Waals surface area contributed by atoms with E-state index < -0.39 is 12.0 Å². The number of ether oxygens (including phenoxy) is 3. The molecule has 0 N–H and O–H groups in total. The Morgan fingerprint density at radius 2 is 2.00 bits per heavy atom. The Bertz CT molecular complexity index is 1870. The number of hydrogen-bond donors (Lipinski definition) is 0. The van der Waals surface area contributed by atoms with E-state index >= 15 is 0 Å². The molecule has 4 aromatic rings. The van der Waals surface area contributed by atoms with Crippen LogP contribution >= 0.6 is 11.3 Å². The van der Waals surface area contributed by atoms with Gasteiger partial charge in [0.2, 0.25) is 6.79 Å². The predicted octanol–water partition coefficient (Wildman–Crippen LogP) is 3.98. The third-order valence-corrected chi connectivity index (χ3v) is 8.08. The van der Waals surface area contributed by atoms with Gasteiger partial charge in [0.15, 0.2) is 16.3 Å². The number of fused-ring (bicyclic) bond motifs is 3. The molecule has 0 bridgehead atoms. The molecular formula is C30H27N3O5S. The van der Waals surface area contributed by atoms with Gasteiger partial charge >= 0.3 is 5.97 Å². The van der Waals surface area contributed by atoms with E-state index in [1.165, 1.54) is 11.3 Å². The van der Waals surface area contributed by atoms with Crippen LogP contribution in [0.2, 0.25) is 0 Å². The first-order valence-electron chi connectivity index (χ1n) is 12.7. The number of carbonyl (C=O) groups is 1. The van der Waals surface area contributed by atoms with Crippen molar-refractivity contribution in [2.45, 2.75) is 33.4 Å². The molecule has 6 rings (SSSR count). The van der Waals surface area contributed by atoms with Gasteiger partial charge in [-0.15, -0.1) is 6.58 Å². The van der Waals surface area contributed by atoms with Crippen molar-refractivity contribution >= 4 is 34.3 Å². The van der Waals surface area contributed by atoms with Gasteiger partial charge in [-0.05, 0) is 50.6 Å². The fourth-order valence-corrected chi connectivity index (χ4v) is 6.35. The maximum atomic E-state index is 14.1. The molecule has 39 heavy (non-hydrogen) atoms. The summed E-state index contributed by atoms with van der Waals surface area (Å²) in [7, 11) is 0. The maximum Gasteiger partial charge on any atom is 0.338 e. The number of thiazole rings is 1. The van der Waals surface area contributed by atoms with Crippen molar-refractivity contribution in [2.24, 2.45) is 4.99 Å². The summed E-state index contributed by atoms with van der Waals surface area (Å²) in [5, 5.41) is 1.05. The monoisotopic (exact) mass is 541 g/mol. The number of aromatic nitrogens is 2. The first-order valence-corrected chi connectivity index (χ1v) is 13.5. The van der Waals surface area contributed by atoms with Gasteiger partial charge in [-0.3, -0.25) is 9.36 Å². The average Bonchev–Trinajstić information content (AvgIpc) is 3.59. The lowest BCUT2D eigenvalue weighted by atomic mass is 9.95. The summed E-state index contributed by atoms with van der Waals surface area (Å²) < 4.78 is 20.8. The van der Waals surface area contributed by atoms with E-state index in [1.54, 1.807) is 24.5 Å². The highest BCUT2D eigenvalue weighted by atomic mass is 32.1. The molecular weight excluding hydrogens is 514 g/mol. The molecule has 4 heterocycles. The second-order valence-electron chi connectivity index (χ2n) is 9.33. The Kier molecular flexibility index (Phi) is 6.23. The van der Waals surface area contributed by atoms with Crippen molar-refractivity contribution < 1.29 is 19.0 Å². The van der Waals surface area contributed by atoms with Crippen molar-refractivity contribution in [3.63, 3.8) is 0 Å². The fourth-order valence-electron chi connectivity index (χ4n) is 5.33. The predicted molar refractivity (Wildman–Crippen MR) is 150 cm³/mol. The van der Waals surface area contributed by atoms with Crippen molar-refractivity contribution in [2.75, 3.05) is 13.4 Å². The first kappa shape index (κ1) is 24.9. The van der Waals surface area contributed by atoms with Crippen LogP contribution in [0.3, 0.4) is 0 Å². The lowest BCUT2D eigenvalue weighted by Gasteiger charge is -2.24. The minimum absolute atomic E-state index is 0.125. The minimum atomic E-state index is -0.722. The summed E-state index contributed by atoms with van der Waals surface area (Å²) in [6.45, 7) is 10.5. The van der Waals surface area contributed by atoms with Crippen LogP contribution < -0.4 is 24.4 Å². The number of para-hydroxylation sites is 1. The molecule has 2 aliphatic heterocycles. The van der Waals surface area contributed by atoms with Crippen molar-refractivity contribution in [3.8, 4) is 11.5 Å². The van der Waals surface area contributed by atoms with Crippen LogP contribution in [0.4, 0.5) is 0 Å². The topological polar surface area (TPSA) is 84.0 Å². The number of benzene rings is 2. The number of nitrogens with zero attached hydrogens (tertiary/aromatic N) is 3. The highest BCUT2D eigenvalue weighted by Gasteiger charge is 2.34. The fraction of sp³-hybridized carbons (Fsp3) is 0.233. The molecule has 0 amide bonds. The largest absolute Gasteiger partial charge is 0.463 e. The van der Waals surface area contributed by atoms with Crippen LogP contribution in [0, 0.1) is 6.92 Å². The second-order valence-corrected chi connectivity index (χ2v) is 10.3. The Labute approximate surface area is 228 Å². The van der Waals surface area contributed by atoms with Gasteiger partial charge in [0.1, 0.15) is 0 Å². The molecule has 9 heteroatoms. The average molecular weight is 542 g/mol. The van der Waals surface area contributed by atoms with Gasteiger partial charge in [0, 0.05) is 28.7 Å². The number of allylic oxidation sites excluding steroid dienone is 2. The summed E-state index contributed by atoms with van der Waals surface area (Å²) in [6, 6.07) is 12.9. The standard InChI is InChI=1S/C30H27N3O5S/c1-5-13-32-18(4)21(20-9-7-8-10-22(20)32)15-25-28(34)33-27(19-11-12-23-24(14-19)38-16-37-23)26(29(35)36-6-2)17(3)31-30(33)39-25/h5,7-12,14-15,27H,1,6,13,16H2,2-4H3/b25-15-. The van der Waals surface area contributed by atoms with Crippen LogP contribution in [0.1, 0.15) is 36.7 Å². The molecule has 0 spiro atoms. The van der Waals surface area contributed by atoms with E-state index in [-0.39, 0.29) is 19.0 Å². The molecule has 8 nitrogen and oxygen atoms in total. The van der Waals surface area contributed by atoms with E-state index in [1.807, 2.05) is 43.3 Å². The van der Waals surface area contributed by atoms with E-state index in [4.69, 9.17) is 14.2 Å². The summed E-state index contributed by atoms with van der Waals surface area (Å²) >= 11 is 1.31. The Balaban J connectivity index is 1.59. The molecule has 0 aliphatic carbocycles. The lowest BCUT2D eigenvalue weighted by molar-refractivity contribution is -0.139. The number of rotatable bonds is 6. The van der Waals surface area contributed by atoms with Gasteiger partial charge in [-0.25, -0.2) is 9.79 Å². The van der Waals surface area contributed by atoms with Crippen LogP contribution in [-0.4, -0.2) is 28.5 Å². The second kappa shape index (κ2) is 9.74. The van der Waals surface area contributed by atoms with Crippen molar-refractivity contribution in [1.29, 1.82) is 0 Å². The molecule has 2 aromatic heterocycles. The third-order valence-electron chi connectivity index (χ3n) is 7.10. The zero-order valence-electron chi connectivity index (χ0n) is 21.9. The van der Waals surface area contributed by atoms with Gasteiger partial charge < -0.3 is 18.8 Å².